The molecule has 2 aromatic carbocycles. The number of para-hydroxylation sites is 1. The number of nitrogens with zero attached hydrogens (tertiary/aromatic N) is 2. The van der Waals surface area contributed by atoms with Crippen LogP contribution in [0.15, 0.2) is 70.2 Å². The Kier molecular flexibility index (Phi) is 5.48. The van der Waals surface area contributed by atoms with Crippen molar-refractivity contribution in [3.05, 3.63) is 93.9 Å². The van der Waals surface area contributed by atoms with Crippen LogP contribution in [-0.4, -0.2) is 44.8 Å². The molecule has 10 heteroatoms. The summed E-state index contributed by atoms with van der Waals surface area (Å²) in [6.45, 7) is 0.573. The molecule has 3 aromatic heterocycles. The van der Waals surface area contributed by atoms with E-state index < -0.39 is 6.04 Å². The van der Waals surface area contributed by atoms with Gasteiger partial charge in [0.25, 0.3) is 11.5 Å². The summed E-state index contributed by atoms with van der Waals surface area (Å²) in [6, 6.07) is 14.4. The number of hydrogen-bond acceptors (Lipinski definition) is 6. The lowest BCUT2D eigenvalue weighted by Crippen LogP contribution is -2.52. The van der Waals surface area contributed by atoms with Gasteiger partial charge < -0.3 is 29.9 Å². The predicted molar refractivity (Wildman–Crippen MR) is 138 cm³/mol. The third kappa shape index (κ3) is 4.02. The third-order valence-electron chi connectivity index (χ3n) is 6.81. The Hall–Kier alpha value is -4.86. The first kappa shape index (κ1) is 22.6. The second-order valence-corrected chi connectivity index (χ2v) is 9.00. The maximum Gasteiger partial charge on any atom is 0.290 e. The topological polar surface area (TPSA) is 136 Å². The van der Waals surface area contributed by atoms with Gasteiger partial charge in [-0.05, 0) is 35.9 Å². The smallest absolute Gasteiger partial charge is 0.290 e. The molecule has 0 bridgehead atoms. The van der Waals surface area contributed by atoms with Gasteiger partial charge in [0.05, 0.1) is 30.0 Å². The zero-order chi connectivity index (χ0) is 25.5. The third-order valence-corrected chi connectivity index (χ3v) is 6.81. The number of carbonyl (C=O) groups is 2. The first-order chi connectivity index (χ1) is 18.0. The summed E-state index contributed by atoms with van der Waals surface area (Å²) >= 11 is 0. The van der Waals surface area contributed by atoms with Crippen molar-refractivity contribution >= 4 is 39.4 Å². The van der Waals surface area contributed by atoms with Crippen LogP contribution in [-0.2, 0) is 24.3 Å². The molecule has 4 heterocycles. The number of likely N-dealkylation sites (N-methyl/N-ethyl adjacent to an activating group) is 1. The molecule has 186 valence electrons. The largest absolute Gasteiger partial charge is 0.459 e. The molecule has 10 nitrogen and oxygen atoms in total. The number of aromatic nitrogens is 3. The fraction of sp³-hybridized carbons (Fsp3) is 0.185. The van der Waals surface area contributed by atoms with E-state index in [1.807, 2.05) is 30.3 Å². The highest BCUT2D eigenvalue weighted by molar-refractivity contribution is 5.98. The SMILES string of the molecule is CNC(=O)C1Cc2c([nH]c3ccccc23)CN1C(=O)c1occc1CNc1ccc2ncc(=O)[nH]c2c1. The molecule has 4 N–H and O–H groups in total. The van der Waals surface area contributed by atoms with E-state index in [0.29, 0.717) is 29.6 Å². The zero-order valence-electron chi connectivity index (χ0n) is 20.0. The monoisotopic (exact) mass is 496 g/mol. The summed E-state index contributed by atoms with van der Waals surface area (Å²) in [5, 5.41) is 7.03. The van der Waals surface area contributed by atoms with Crippen LogP contribution in [0.3, 0.4) is 0 Å². The molecule has 0 spiro atoms. The maximum absolute atomic E-state index is 13.7. The highest BCUT2D eigenvalue weighted by Gasteiger charge is 2.38. The molecular formula is C27H24N6O4. The normalized spacial score (nSPS) is 15.1. The van der Waals surface area contributed by atoms with Gasteiger partial charge in [-0.25, -0.2) is 4.98 Å². The fourth-order valence-corrected chi connectivity index (χ4v) is 4.96. The van der Waals surface area contributed by atoms with Gasteiger partial charge >= 0.3 is 0 Å². The molecular weight excluding hydrogens is 472 g/mol. The Morgan fingerprint density at radius 3 is 2.86 bits per heavy atom. The molecule has 1 atom stereocenters. The van der Waals surface area contributed by atoms with Crippen LogP contribution in [0.5, 0.6) is 0 Å². The number of furan rings is 1. The first-order valence-electron chi connectivity index (χ1n) is 11.9. The second kappa shape index (κ2) is 8.98. The molecule has 1 aliphatic rings. The lowest BCUT2D eigenvalue weighted by atomic mass is 9.95. The van der Waals surface area contributed by atoms with Crippen molar-refractivity contribution in [2.45, 2.75) is 25.6 Å². The van der Waals surface area contributed by atoms with Crippen molar-refractivity contribution in [1.29, 1.82) is 0 Å². The Labute approximate surface area is 210 Å². The van der Waals surface area contributed by atoms with Gasteiger partial charge in [0.1, 0.15) is 6.04 Å². The van der Waals surface area contributed by atoms with Crippen molar-refractivity contribution in [3.8, 4) is 0 Å². The number of nitrogens with one attached hydrogen (secondary N) is 4. The summed E-state index contributed by atoms with van der Waals surface area (Å²) in [5.41, 5.74) is 5.36. The Bertz CT molecular complexity index is 1720. The standard InChI is InChI=1S/C27H24N6O4/c1-28-26(35)23-11-18-17-4-2-3-5-19(17)31-22(18)14-33(23)27(36)25-15(8-9-37-25)12-29-16-6-7-20-21(10-16)32-24(34)13-30-20/h2-10,13,23,29,31H,11-12,14H2,1H3,(H,28,35)(H,32,34). The van der Waals surface area contributed by atoms with Crippen LogP contribution >= 0.6 is 0 Å². The zero-order valence-corrected chi connectivity index (χ0v) is 20.0. The van der Waals surface area contributed by atoms with E-state index in [-0.39, 0.29) is 29.7 Å². The summed E-state index contributed by atoms with van der Waals surface area (Å²) < 4.78 is 5.63. The number of fused-ring (bicyclic) bond motifs is 4. The highest BCUT2D eigenvalue weighted by atomic mass is 16.3. The lowest BCUT2D eigenvalue weighted by molar-refractivity contribution is -0.125. The van der Waals surface area contributed by atoms with Gasteiger partial charge in [0, 0.05) is 47.9 Å². The Balaban J connectivity index is 1.27. The molecule has 5 aromatic rings. The molecule has 0 fully saturated rings. The Morgan fingerprint density at radius 2 is 2.00 bits per heavy atom. The quantitative estimate of drug-likeness (QED) is 0.295. The van der Waals surface area contributed by atoms with Gasteiger partial charge in [-0.2, -0.15) is 0 Å². The van der Waals surface area contributed by atoms with E-state index in [1.54, 1.807) is 30.1 Å². The number of amides is 2. The summed E-state index contributed by atoms with van der Waals surface area (Å²) in [4.78, 5) is 50.0. The highest BCUT2D eigenvalue weighted by Crippen LogP contribution is 2.32. The van der Waals surface area contributed by atoms with Gasteiger partial charge in [0.2, 0.25) is 5.91 Å². The van der Waals surface area contributed by atoms with Crippen LogP contribution in [0.25, 0.3) is 21.9 Å². The minimum absolute atomic E-state index is 0.178. The second-order valence-electron chi connectivity index (χ2n) is 9.00. The van der Waals surface area contributed by atoms with Crippen LogP contribution in [0.4, 0.5) is 5.69 Å². The number of carbonyl (C=O) groups excluding carboxylic acids is 2. The number of rotatable bonds is 5. The average molecular weight is 497 g/mol. The summed E-state index contributed by atoms with van der Waals surface area (Å²) in [5.74, 6) is -0.405. The first-order valence-corrected chi connectivity index (χ1v) is 11.9. The van der Waals surface area contributed by atoms with Crippen LogP contribution in [0.2, 0.25) is 0 Å². The van der Waals surface area contributed by atoms with Crippen molar-refractivity contribution in [1.82, 2.24) is 25.2 Å². The van der Waals surface area contributed by atoms with E-state index in [1.165, 1.54) is 12.5 Å². The number of hydrogen-bond donors (Lipinski definition) is 4. The van der Waals surface area contributed by atoms with Gasteiger partial charge in [-0.3, -0.25) is 14.4 Å². The average Bonchev–Trinajstić information content (AvgIpc) is 3.54. The number of anilines is 1. The van der Waals surface area contributed by atoms with E-state index >= 15 is 0 Å². The number of benzene rings is 2. The molecule has 37 heavy (non-hydrogen) atoms. The lowest BCUT2D eigenvalue weighted by Gasteiger charge is -2.34. The minimum atomic E-state index is -0.667. The van der Waals surface area contributed by atoms with E-state index in [0.717, 1.165) is 27.8 Å². The molecule has 0 aliphatic carbocycles. The van der Waals surface area contributed by atoms with Crippen molar-refractivity contribution in [2.75, 3.05) is 12.4 Å². The molecule has 2 amide bonds. The van der Waals surface area contributed by atoms with Gasteiger partial charge in [0.15, 0.2) is 5.76 Å². The van der Waals surface area contributed by atoms with E-state index in [4.69, 9.17) is 4.42 Å². The molecule has 0 saturated carbocycles. The van der Waals surface area contributed by atoms with Crippen LogP contribution in [0, 0.1) is 0 Å². The van der Waals surface area contributed by atoms with Crippen LogP contribution in [0.1, 0.15) is 27.4 Å². The maximum atomic E-state index is 13.7. The molecule has 6 rings (SSSR count). The molecule has 0 radical (unpaired) electrons. The summed E-state index contributed by atoms with van der Waals surface area (Å²) in [7, 11) is 1.57. The van der Waals surface area contributed by atoms with E-state index in [9.17, 15) is 14.4 Å². The predicted octanol–water partition coefficient (Wildman–Crippen LogP) is 2.92. The number of H-pyrrole nitrogens is 2. The van der Waals surface area contributed by atoms with Gasteiger partial charge in [-0.15, -0.1) is 0 Å². The minimum Gasteiger partial charge on any atom is -0.459 e. The fourth-order valence-electron chi connectivity index (χ4n) is 4.96. The molecule has 1 unspecified atom stereocenters. The molecule has 1 aliphatic heterocycles. The van der Waals surface area contributed by atoms with Crippen molar-refractivity contribution in [3.63, 3.8) is 0 Å². The summed E-state index contributed by atoms with van der Waals surface area (Å²) in [6.07, 6.45) is 3.12. The Morgan fingerprint density at radius 1 is 1.14 bits per heavy atom. The van der Waals surface area contributed by atoms with Crippen LogP contribution < -0.4 is 16.2 Å². The van der Waals surface area contributed by atoms with Crippen molar-refractivity contribution < 1.29 is 14.0 Å². The molecule has 0 saturated heterocycles. The number of aromatic amines is 2. The van der Waals surface area contributed by atoms with E-state index in [2.05, 4.69) is 25.6 Å². The van der Waals surface area contributed by atoms with Gasteiger partial charge in [-0.1, -0.05) is 18.2 Å². The van der Waals surface area contributed by atoms with Crippen molar-refractivity contribution in [2.24, 2.45) is 0 Å².